The molecular formula is C20H23N3O2. The zero-order valence-corrected chi connectivity index (χ0v) is 14.4. The predicted octanol–water partition coefficient (Wildman–Crippen LogP) is 3.55. The van der Waals surface area contributed by atoms with Crippen LogP contribution in [0.4, 0.5) is 16.2 Å². The summed E-state index contributed by atoms with van der Waals surface area (Å²) in [5.74, 6) is 0.139. The number of para-hydroxylation sites is 2. The van der Waals surface area contributed by atoms with Crippen molar-refractivity contribution in [3.05, 3.63) is 60.7 Å². The summed E-state index contributed by atoms with van der Waals surface area (Å²) in [4.78, 5) is 28.3. The number of benzene rings is 2. The molecule has 1 fully saturated rings. The molecule has 1 atom stereocenters. The molecule has 1 aliphatic heterocycles. The molecule has 2 aromatic rings. The first-order chi connectivity index (χ1) is 12.2. The molecule has 0 aliphatic carbocycles. The number of nitrogens with one attached hydrogen (secondary N) is 1. The largest absolute Gasteiger partial charge is 0.341 e. The van der Waals surface area contributed by atoms with E-state index in [0.717, 1.165) is 17.8 Å². The maximum atomic E-state index is 13.0. The van der Waals surface area contributed by atoms with Crippen molar-refractivity contribution in [2.24, 2.45) is 0 Å². The van der Waals surface area contributed by atoms with Crippen molar-refractivity contribution in [1.29, 1.82) is 0 Å². The van der Waals surface area contributed by atoms with Crippen LogP contribution in [0.25, 0.3) is 0 Å². The minimum Gasteiger partial charge on any atom is -0.341 e. The summed E-state index contributed by atoms with van der Waals surface area (Å²) in [5, 5.41) is 3.08. The number of rotatable bonds is 4. The molecule has 5 nitrogen and oxygen atoms in total. The van der Waals surface area contributed by atoms with E-state index in [1.54, 1.807) is 4.90 Å². The molecule has 0 radical (unpaired) electrons. The van der Waals surface area contributed by atoms with Gasteiger partial charge in [-0.2, -0.15) is 0 Å². The van der Waals surface area contributed by atoms with Gasteiger partial charge in [0.25, 0.3) is 0 Å². The highest BCUT2D eigenvalue weighted by Gasteiger charge is 2.28. The van der Waals surface area contributed by atoms with E-state index in [-0.39, 0.29) is 18.0 Å². The van der Waals surface area contributed by atoms with Gasteiger partial charge in [0, 0.05) is 25.6 Å². The van der Waals surface area contributed by atoms with Crippen molar-refractivity contribution < 1.29 is 9.59 Å². The van der Waals surface area contributed by atoms with E-state index in [9.17, 15) is 9.59 Å². The topological polar surface area (TPSA) is 52.7 Å². The molecule has 0 saturated carbocycles. The predicted molar refractivity (Wildman–Crippen MR) is 98.8 cm³/mol. The molecule has 1 aliphatic rings. The summed E-state index contributed by atoms with van der Waals surface area (Å²) in [6.07, 6.45) is 1.29. The number of anilines is 2. The van der Waals surface area contributed by atoms with Gasteiger partial charge in [-0.15, -0.1) is 0 Å². The summed E-state index contributed by atoms with van der Waals surface area (Å²) in [6, 6.07) is 19.0. The van der Waals surface area contributed by atoms with E-state index < -0.39 is 0 Å². The third-order valence-corrected chi connectivity index (χ3v) is 4.40. The molecule has 130 valence electrons. The molecule has 3 amide bonds. The molecule has 0 aromatic heterocycles. The number of amides is 3. The maximum Gasteiger partial charge on any atom is 0.326 e. The van der Waals surface area contributed by atoms with Crippen LogP contribution in [0.3, 0.4) is 0 Å². The molecule has 1 N–H and O–H groups in total. The first kappa shape index (κ1) is 17.0. The van der Waals surface area contributed by atoms with Crippen molar-refractivity contribution in [2.45, 2.75) is 25.8 Å². The smallest absolute Gasteiger partial charge is 0.326 e. The molecule has 25 heavy (non-hydrogen) atoms. The van der Waals surface area contributed by atoms with Crippen LogP contribution in [-0.4, -0.2) is 36.0 Å². The fourth-order valence-electron chi connectivity index (χ4n) is 3.11. The van der Waals surface area contributed by atoms with Gasteiger partial charge < -0.3 is 10.2 Å². The Balaban J connectivity index is 1.76. The van der Waals surface area contributed by atoms with Crippen LogP contribution in [0, 0.1) is 0 Å². The Kier molecular flexibility index (Phi) is 5.33. The normalized spacial score (nSPS) is 16.5. The van der Waals surface area contributed by atoms with Gasteiger partial charge in [0.15, 0.2) is 0 Å². The maximum absolute atomic E-state index is 13.0. The van der Waals surface area contributed by atoms with Crippen LogP contribution in [0.15, 0.2) is 60.7 Å². The Morgan fingerprint density at radius 1 is 1.04 bits per heavy atom. The quantitative estimate of drug-likeness (QED) is 0.928. The number of hydrogen-bond acceptors (Lipinski definition) is 2. The molecule has 5 heteroatoms. The minimum atomic E-state index is -0.173. The van der Waals surface area contributed by atoms with Crippen molar-refractivity contribution in [3.8, 4) is 0 Å². The average molecular weight is 337 g/mol. The third kappa shape index (κ3) is 3.99. The van der Waals surface area contributed by atoms with Gasteiger partial charge in [0.2, 0.25) is 5.91 Å². The molecule has 0 bridgehead atoms. The number of carbonyl (C=O) groups is 2. The van der Waals surface area contributed by atoms with E-state index >= 15 is 0 Å². The Bertz CT molecular complexity index is 679. The van der Waals surface area contributed by atoms with E-state index in [1.165, 1.54) is 0 Å². The SMILES string of the molecule is CCC(=O)N1CC[C@H](NC(=O)N(c2ccccc2)c2ccccc2)C1. The highest BCUT2D eigenvalue weighted by molar-refractivity contribution is 5.99. The van der Waals surface area contributed by atoms with Gasteiger partial charge in [0.1, 0.15) is 0 Å². The Morgan fingerprint density at radius 2 is 1.60 bits per heavy atom. The molecule has 0 spiro atoms. The van der Waals surface area contributed by atoms with Gasteiger partial charge in [-0.3, -0.25) is 9.69 Å². The zero-order chi connectivity index (χ0) is 17.6. The fraction of sp³-hybridized carbons (Fsp3) is 0.300. The van der Waals surface area contributed by atoms with Crippen LogP contribution in [0.1, 0.15) is 19.8 Å². The summed E-state index contributed by atoms with van der Waals surface area (Å²) < 4.78 is 0. The van der Waals surface area contributed by atoms with Crippen LogP contribution in [0.5, 0.6) is 0 Å². The highest BCUT2D eigenvalue weighted by Crippen LogP contribution is 2.25. The van der Waals surface area contributed by atoms with Crippen LogP contribution >= 0.6 is 0 Å². The zero-order valence-electron chi connectivity index (χ0n) is 14.4. The fourth-order valence-corrected chi connectivity index (χ4v) is 3.11. The number of urea groups is 1. The van der Waals surface area contributed by atoms with E-state index in [1.807, 2.05) is 72.5 Å². The molecule has 3 rings (SSSR count). The van der Waals surface area contributed by atoms with Crippen molar-refractivity contribution in [3.63, 3.8) is 0 Å². The van der Waals surface area contributed by atoms with E-state index in [2.05, 4.69) is 5.32 Å². The van der Waals surface area contributed by atoms with Gasteiger partial charge in [-0.05, 0) is 30.7 Å². The summed E-state index contributed by atoms with van der Waals surface area (Å²) in [7, 11) is 0. The number of hydrogen-bond donors (Lipinski definition) is 1. The van der Waals surface area contributed by atoms with Gasteiger partial charge in [-0.1, -0.05) is 43.3 Å². The lowest BCUT2D eigenvalue weighted by atomic mass is 10.2. The number of carbonyl (C=O) groups excluding carboxylic acids is 2. The molecular weight excluding hydrogens is 314 g/mol. The highest BCUT2D eigenvalue weighted by atomic mass is 16.2. The Hall–Kier alpha value is -2.82. The van der Waals surface area contributed by atoms with Crippen molar-refractivity contribution >= 4 is 23.3 Å². The van der Waals surface area contributed by atoms with E-state index in [0.29, 0.717) is 19.5 Å². The first-order valence-electron chi connectivity index (χ1n) is 8.67. The monoisotopic (exact) mass is 337 g/mol. The summed E-state index contributed by atoms with van der Waals surface area (Å²) in [5.41, 5.74) is 1.62. The lowest BCUT2D eigenvalue weighted by molar-refractivity contribution is -0.129. The third-order valence-electron chi connectivity index (χ3n) is 4.40. The standard InChI is InChI=1S/C20H23N3O2/c1-2-19(24)22-14-13-16(15-22)21-20(25)23(17-9-5-3-6-10-17)18-11-7-4-8-12-18/h3-12,16H,2,13-15H2,1H3,(H,21,25)/t16-/m0/s1. The summed E-state index contributed by atoms with van der Waals surface area (Å²) >= 11 is 0. The molecule has 0 unspecified atom stereocenters. The second-order valence-corrected chi connectivity index (χ2v) is 6.13. The molecule has 2 aromatic carbocycles. The second-order valence-electron chi connectivity index (χ2n) is 6.13. The lowest BCUT2D eigenvalue weighted by Gasteiger charge is -2.25. The first-order valence-corrected chi connectivity index (χ1v) is 8.67. The summed E-state index contributed by atoms with van der Waals surface area (Å²) in [6.45, 7) is 3.14. The van der Waals surface area contributed by atoms with Gasteiger partial charge in [-0.25, -0.2) is 4.79 Å². The van der Waals surface area contributed by atoms with E-state index in [4.69, 9.17) is 0 Å². The van der Waals surface area contributed by atoms with Gasteiger partial charge >= 0.3 is 6.03 Å². The number of likely N-dealkylation sites (tertiary alicyclic amines) is 1. The number of nitrogens with zero attached hydrogens (tertiary/aromatic N) is 2. The molecule has 1 heterocycles. The Labute approximate surface area is 148 Å². The Morgan fingerprint density at radius 3 is 2.12 bits per heavy atom. The van der Waals surface area contributed by atoms with Crippen molar-refractivity contribution in [1.82, 2.24) is 10.2 Å². The lowest BCUT2D eigenvalue weighted by Crippen LogP contribution is -2.44. The minimum absolute atomic E-state index is 0.0158. The van der Waals surface area contributed by atoms with Crippen LogP contribution < -0.4 is 10.2 Å². The van der Waals surface area contributed by atoms with Gasteiger partial charge in [0.05, 0.1) is 11.4 Å². The average Bonchev–Trinajstić information content (AvgIpc) is 3.11. The van der Waals surface area contributed by atoms with Crippen LogP contribution in [0.2, 0.25) is 0 Å². The van der Waals surface area contributed by atoms with Crippen LogP contribution in [-0.2, 0) is 4.79 Å². The second kappa shape index (κ2) is 7.83. The molecule has 1 saturated heterocycles. The van der Waals surface area contributed by atoms with Crippen molar-refractivity contribution in [2.75, 3.05) is 18.0 Å².